The molecule has 0 amide bonds. The van der Waals surface area contributed by atoms with Gasteiger partial charge in [-0.3, -0.25) is 14.6 Å². The topological polar surface area (TPSA) is 52.9 Å². The second-order valence-electron chi connectivity index (χ2n) is 6.28. The maximum absolute atomic E-state index is 10.7. The maximum Gasteiger partial charge on any atom is 0.269 e. The molecule has 4 bridgehead atoms. The summed E-state index contributed by atoms with van der Waals surface area (Å²) in [6.07, 6.45) is 0. The van der Waals surface area contributed by atoms with Gasteiger partial charge in [-0.15, -0.1) is 0 Å². The Hall–Kier alpha value is -1.54. The highest BCUT2D eigenvalue weighted by Crippen LogP contribution is 2.30. The SMILES string of the molecule is O=[N+]([O-])c1ccc(C[N+]23CN4CN(CN(C4)C2)C3)cc1. The van der Waals surface area contributed by atoms with Crippen molar-refractivity contribution in [3.05, 3.63) is 39.9 Å². The van der Waals surface area contributed by atoms with Crippen LogP contribution in [-0.2, 0) is 6.54 Å². The Kier molecular flexibility index (Phi) is 2.58. The van der Waals surface area contributed by atoms with Crippen molar-refractivity contribution in [2.24, 2.45) is 0 Å². The van der Waals surface area contributed by atoms with E-state index in [1.54, 1.807) is 12.1 Å². The van der Waals surface area contributed by atoms with Crippen LogP contribution >= 0.6 is 0 Å². The maximum atomic E-state index is 10.7. The summed E-state index contributed by atoms with van der Waals surface area (Å²) >= 11 is 0. The molecule has 0 aliphatic carbocycles. The first kappa shape index (κ1) is 12.2. The van der Waals surface area contributed by atoms with E-state index in [0.29, 0.717) is 0 Å². The zero-order valence-corrected chi connectivity index (χ0v) is 11.3. The first-order chi connectivity index (χ1) is 9.62. The molecule has 4 aliphatic rings. The monoisotopic (exact) mass is 276 g/mol. The van der Waals surface area contributed by atoms with Crippen LogP contribution in [0.5, 0.6) is 0 Å². The highest BCUT2D eigenvalue weighted by Gasteiger charge is 2.48. The van der Waals surface area contributed by atoms with Crippen LogP contribution in [0.25, 0.3) is 0 Å². The number of nitrogens with zero attached hydrogens (tertiary/aromatic N) is 5. The Balaban J connectivity index is 1.55. The predicted molar refractivity (Wildman–Crippen MR) is 71.8 cm³/mol. The van der Waals surface area contributed by atoms with Gasteiger partial charge < -0.3 is 0 Å². The molecule has 5 rings (SSSR count). The van der Waals surface area contributed by atoms with E-state index in [0.717, 1.165) is 51.0 Å². The molecular weight excluding hydrogens is 258 g/mol. The summed E-state index contributed by atoms with van der Waals surface area (Å²) in [5, 5.41) is 10.7. The summed E-state index contributed by atoms with van der Waals surface area (Å²) in [4.78, 5) is 17.8. The molecule has 1 aromatic rings. The molecule has 4 fully saturated rings. The molecular formula is C13H18N5O2+. The molecule has 4 aliphatic heterocycles. The zero-order valence-electron chi connectivity index (χ0n) is 11.3. The summed E-state index contributed by atoms with van der Waals surface area (Å²) in [5.74, 6) is 0. The summed E-state index contributed by atoms with van der Waals surface area (Å²) in [6.45, 7) is 7.45. The van der Waals surface area contributed by atoms with E-state index in [9.17, 15) is 10.1 Å². The van der Waals surface area contributed by atoms with Crippen molar-refractivity contribution >= 4 is 5.69 Å². The molecule has 0 aromatic heterocycles. The van der Waals surface area contributed by atoms with Gasteiger partial charge in [-0.25, -0.2) is 14.7 Å². The van der Waals surface area contributed by atoms with Crippen LogP contribution in [0.15, 0.2) is 24.3 Å². The Morgan fingerprint density at radius 1 is 1.00 bits per heavy atom. The van der Waals surface area contributed by atoms with Gasteiger partial charge in [0.25, 0.3) is 5.69 Å². The van der Waals surface area contributed by atoms with Crippen molar-refractivity contribution < 1.29 is 9.41 Å². The largest absolute Gasteiger partial charge is 0.282 e. The van der Waals surface area contributed by atoms with E-state index >= 15 is 0 Å². The minimum Gasteiger partial charge on any atom is -0.282 e. The van der Waals surface area contributed by atoms with Crippen molar-refractivity contribution in [3.63, 3.8) is 0 Å². The number of non-ortho nitro benzene ring substituents is 1. The molecule has 0 unspecified atom stereocenters. The fraction of sp³-hybridized carbons (Fsp3) is 0.538. The van der Waals surface area contributed by atoms with E-state index < -0.39 is 0 Å². The van der Waals surface area contributed by atoms with Gasteiger partial charge >= 0.3 is 0 Å². The Labute approximate surface area is 117 Å². The summed E-state index contributed by atoms with van der Waals surface area (Å²) in [6, 6.07) is 7.02. The van der Waals surface area contributed by atoms with Crippen molar-refractivity contribution in [1.82, 2.24) is 14.7 Å². The van der Waals surface area contributed by atoms with E-state index in [4.69, 9.17) is 0 Å². The minimum absolute atomic E-state index is 0.169. The molecule has 0 atom stereocenters. The lowest BCUT2D eigenvalue weighted by Gasteiger charge is -2.60. The number of quaternary nitrogens is 1. The number of nitro benzene ring substituents is 1. The normalized spacial score (nSPS) is 38.1. The van der Waals surface area contributed by atoms with Crippen LogP contribution in [0.2, 0.25) is 0 Å². The number of hydrogen-bond acceptors (Lipinski definition) is 5. The van der Waals surface area contributed by atoms with Crippen LogP contribution in [0, 0.1) is 10.1 Å². The first-order valence-electron chi connectivity index (χ1n) is 6.87. The van der Waals surface area contributed by atoms with Crippen molar-refractivity contribution in [2.75, 3.05) is 40.0 Å². The Morgan fingerprint density at radius 3 is 1.95 bits per heavy atom. The zero-order chi connectivity index (χ0) is 13.7. The lowest BCUT2D eigenvalue weighted by molar-refractivity contribution is -0.991. The summed E-state index contributed by atoms with van der Waals surface area (Å²) in [5.41, 5.74) is 1.35. The van der Waals surface area contributed by atoms with Gasteiger partial charge in [0.15, 0.2) is 0 Å². The van der Waals surface area contributed by atoms with Gasteiger partial charge in [0, 0.05) is 17.7 Å². The highest BCUT2D eigenvalue weighted by molar-refractivity contribution is 5.32. The average Bonchev–Trinajstić information content (AvgIpc) is 2.37. The third-order valence-electron chi connectivity index (χ3n) is 4.37. The van der Waals surface area contributed by atoms with Crippen LogP contribution in [-0.4, -0.2) is 64.1 Å². The fourth-order valence-corrected chi connectivity index (χ4v) is 3.92. The van der Waals surface area contributed by atoms with E-state index in [2.05, 4.69) is 14.7 Å². The third-order valence-corrected chi connectivity index (χ3v) is 4.37. The van der Waals surface area contributed by atoms with Gasteiger partial charge in [0.1, 0.15) is 26.6 Å². The van der Waals surface area contributed by atoms with Gasteiger partial charge in [-0.1, -0.05) is 0 Å². The average molecular weight is 276 g/mol. The molecule has 1 aromatic carbocycles. The summed E-state index contributed by atoms with van der Waals surface area (Å²) < 4.78 is 1.03. The third kappa shape index (κ3) is 1.99. The van der Waals surface area contributed by atoms with Gasteiger partial charge in [0.2, 0.25) is 0 Å². The Morgan fingerprint density at radius 2 is 1.50 bits per heavy atom. The highest BCUT2D eigenvalue weighted by atomic mass is 16.6. The smallest absolute Gasteiger partial charge is 0.269 e. The van der Waals surface area contributed by atoms with Crippen molar-refractivity contribution in [3.8, 4) is 0 Å². The number of benzene rings is 1. The lowest BCUT2D eigenvalue weighted by Crippen LogP contribution is -2.78. The van der Waals surface area contributed by atoms with Gasteiger partial charge in [-0.05, 0) is 12.1 Å². The van der Waals surface area contributed by atoms with Crippen LogP contribution < -0.4 is 0 Å². The number of hydrogen-bond donors (Lipinski definition) is 0. The van der Waals surface area contributed by atoms with Crippen LogP contribution in [0.1, 0.15) is 5.56 Å². The first-order valence-corrected chi connectivity index (χ1v) is 6.87. The Bertz CT molecular complexity index is 509. The number of nitro groups is 1. The molecule has 7 nitrogen and oxygen atoms in total. The van der Waals surface area contributed by atoms with Crippen LogP contribution in [0.4, 0.5) is 5.69 Å². The quantitative estimate of drug-likeness (QED) is 0.460. The molecule has 20 heavy (non-hydrogen) atoms. The predicted octanol–water partition coefficient (Wildman–Crippen LogP) is 0.603. The molecule has 0 spiro atoms. The van der Waals surface area contributed by atoms with E-state index in [-0.39, 0.29) is 10.6 Å². The van der Waals surface area contributed by atoms with Gasteiger partial charge in [-0.2, -0.15) is 0 Å². The number of rotatable bonds is 3. The van der Waals surface area contributed by atoms with E-state index in [1.165, 1.54) is 5.56 Å². The summed E-state index contributed by atoms with van der Waals surface area (Å²) in [7, 11) is 0. The van der Waals surface area contributed by atoms with Gasteiger partial charge in [0.05, 0.1) is 24.9 Å². The minimum atomic E-state index is -0.341. The van der Waals surface area contributed by atoms with Crippen LogP contribution in [0.3, 0.4) is 0 Å². The molecule has 7 heteroatoms. The second kappa shape index (κ2) is 4.23. The molecule has 4 heterocycles. The fourth-order valence-electron chi connectivity index (χ4n) is 3.92. The molecule has 106 valence electrons. The molecule has 0 saturated carbocycles. The molecule has 0 radical (unpaired) electrons. The molecule has 4 saturated heterocycles. The van der Waals surface area contributed by atoms with Crippen molar-refractivity contribution in [2.45, 2.75) is 6.54 Å². The molecule has 0 N–H and O–H groups in total. The second-order valence-corrected chi connectivity index (χ2v) is 6.28. The lowest BCUT2D eigenvalue weighted by atomic mass is 10.1. The standard InChI is InChI=1S/C13H18N5O2/c19-17(20)13-3-1-12(2-4-13)5-18-9-14-6-15(10-18)8-16(7-14)11-18/h1-4H,5-11H2/q+1. The van der Waals surface area contributed by atoms with E-state index in [1.807, 2.05) is 12.1 Å². The van der Waals surface area contributed by atoms with Crippen molar-refractivity contribution in [1.29, 1.82) is 0 Å².